The van der Waals surface area contributed by atoms with E-state index in [0.29, 0.717) is 5.92 Å². The van der Waals surface area contributed by atoms with E-state index in [1.54, 1.807) is 6.92 Å². The van der Waals surface area contributed by atoms with Crippen LogP contribution in [0, 0.1) is 23.5 Å². The van der Waals surface area contributed by atoms with Gasteiger partial charge in [-0.05, 0) is 37.8 Å². The Bertz CT molecular complexity index is 491. The molecule has 1 aliphatic rings. The van der Waals surface area contributed by atoms with Gasteiger partial charge in [0.25, 0.3) is 0 Å². The largest absolute Gasteiger partial charge is 0.491 e. The molecule has 0 saturated heterocycles. The van der Waals surface area contributed by atoms with Gasteiger partial charge in [-0.25, -0.2) is 4.39 Å². The van der Waals surface area contributed by atoms with E-state index < -0.39 is 11.6 Å². The fourth-order valence-corrected chi connectivity index (χ4v) is 2.73. The van der Waals surface area contributed by atoms with Gasteiger partial charge >= 0.3 is 0 Å². The summed E-state index contributed by atoms with van der Waals surface area (Å²) in [5, 5.41) is 0. The fourth-order valence-electron chi connectivity index (χ4n) is 2.73. The van der Waals surface area contributed by atoms with Crippen molar-refractivity contribution in [2.75, 3.05) is 6.61 Å². The first-order chi connectivity index (χ1) is 9.54. The summed E-state index contributed by atoms with van der Waals surface area (Å²) < 4.78 is 32.8. The van der Waals surface area contributed by atoms with Crippen molar-refractivity contribution in [3.63, 3.8) is 0 Å². The lowest BCUT2D eigenvalue weighted by molar-refractivity contribution is 0.0870. The van der Waals surface area contributed by atoms with Crippen LogP contribution in [0.15, 0.2) is 12.1 Å². The number of rotatable bonds is 4. The van der Waals surface area contributed by atoms with Crippen LogP contribution >= 0.6 is 0 Å². The molecule has 0 amide bonds. The van der Waals surface area contributed by atoms with Crippen LogP contribution in [0.4, 0.5) is 8.78 Å². The maximum absolute atomic E-state index is 14.0. The molecule has 2 nitrogen and oxygen atoms in total. The number of ether oxygens (including phenoxy) is 1. The predicted octanol–water partition coefficient (Wildman–Crippen LogP) is 4.37. The van der Waals surface area contributed by atoms with Gasteiger partial charge in [0.1, 0.15) is 0 Å². The third-order valence-electron chi connectivity index (χ3n) is 4.00. The van der Waals surface area contributed by atoms with Gasteiger partial charge in [-0.2, -0.15) is 4.39 Å². The highest BCUT2D eigenvalue weighted by atomic mass is 19.2. The molecule has 1 aromatic rings. The Morgan fingerprint density at radius 2 is 1.85 bits per heavy atom. The maximum atomic E-state index is 14.0. The lowest BCUT2D eigenvalue weighted by Gasteiger charge is -2.25. The molecule has 0 N–H and O–H groups in total. The minimum absolute atomic E-state index is 0.140. The minimum atomic E-state index is -1.08. The highest BCUT2D eigenvalue weighted by Gasteiger charge is 2.28. The number of Topliss-reactive ketones (excluding diaryl/α,β-unsaturated/α-hetero) is 1. The third-order valence-corrected chi connectivity index (χ3v) is 4.00. The predicted molar refractivity (Wildman–Crippen MR) is 73.0 cm³/mol. The topological polar surface area (TPSA) is 26.3 Å². The summed E-state index contributed by atoms with van der Waals surface area (Å²) in [5.41, 5.74) is -0.148. The molecule has 4 heteroatoms. The van der Waals surface area contributed by atoms with Crippen molar-refractivity contribution in [1.29, 1.82) is 0 Å². The summed E-state index contributed by atoms with van der Waals surface area (Å²) in [4.78, 5) is 12.3. The van der Waals surface area contributed by atoms with Crippen molar-refractivity contribution in [2.45, 2.75) is 39.5 Å². The Hall–Kier alpha value is -1.45. The summed E-state index contributed by atoms with van der Waals surface area (Å²) in [6.45, 7) is 4.10. The normalized spacial score (nSPS) is 22.6. The van der Waals surface area contributed by atoms with Gasteiger partial charge in [-0.15, -0.1) is 0 Å². The molecule has 0 aromatic heterocycles. The van der Waals surface area contributed by atoms with E-state index in [1.807, 2.05) is 0 Å². The number of halogens is 2. The van der Waals surface area contributed by atoms with Crippen molar-refractivity contribution in [2.24, 2.45) is 11.8 Å². The van der Waals surface area contributed by atoms with E-state index in [2.05, 4.69) is 6.92 Å². The van der Waals surface area contributed by atoms with Crippen LogP contribution in [-0.2, 0) is 0 Å². The molecule has 1 fully saturated rings. The second-order valence-electron chi connectivity index (χ2n) is 5.49. The molecule has 0 heterocycles. The van der Waals surface area contributed by atoms with Gasteiger partial charge in [0.15, 0.2) is 17.3 Å². The molecule has 0 aliphatic heterocycles. The molecular formula is C16H20F2O2. The van der Waals surface area contributed by atoms with Crippen molar-refractivity contribution >= 4 is 5.78 Å². The average Bonchev–Trinajstić information content (AvgIpc) is 2.44. The average molecular weight is 282 g/mol. The van der Waals surface area contributed by atoms with E-state index in [0.717, 1.165) is 25.7 Å². The van der Waals surface area contributed by atoms with Gasteiger partial charge in [-0.1, -0.05) is 19.8 Å². The molecule has 0 spiro atoms. The van der Waals surface area contributed by atoms with E-state index in [9.17, 15) is 13.6 Å². The SMILES string of the molecule is CCOc1ccc(C(=O)C2CCC(C)CC2)c(F)c1F. The second-order valence-corrected chi connectivity index (χ2v) is 5.49. The lowest BCUT2D eigenvalue weighted by atomic mass is 9.79. The molecule has 2 rings (SSSR count). The molecule has 1 aromatic carbocycles. The smallest absolute Gasteiger partial charge is 0.201 e. The Labute approximate surface area is 118 Å². The second kappa shape index (κ2) is 6.33. The quantitative estimate of drug-likeness (QED) is 0.766. The number of carbonyl (C=O) groups is 1. The van der Waals surface area contributed by atoms with Crippen molar-refractivity contribution in [1.82, 2.24) is 0 Å². The van der Waals surface area contributed by atoms with Crippen LogP contribution in [0.1, 0.15) is 49.9 Å². The number of carbonyl (C=O) groups excluding carboxylic acids is 1. The van der Waals surface area contributed by atoms with Gasteiger partial charge in [-0.3, -0.25) is 4.79 Å². The van der Waals surface area contributed by atoms with Gasteiger partial charge in [0.05, 0.1) is 12.2 Å². The Kier molecular flexibility index (Phi) is 4.73. The van der Waals surface area contributed by atoms with Gasteiger partial charge in [0.2, 0.25) is 5.82 Å². The minimum Gasteiger partial charge on any atom is -0.491 e. The molecule has 0 bridgehead atoms. The molecular weight excluding hydrogens is 262 g/mol. The van der Waals surface area contributed by atoms with Crippen LogP contribution in [0.3, 0.4) is 0 Å². The summed E-state index contributed by atoms with van der Waals surface area (Å²) in [6.07, 6.45) is 3.46. The standard InChI is InChI=1S/C16H20F2O2/c1-3-20-13-9-8-12(14(17)15(13)18)16(19)11-6-4-10(2)5-7-11/h8-11H,3-7H2,1-2H3. The van der Waals surface area contributed by atoms with Crippen LogP contribution in [-0.4, -0.2) is 12.4 Å². The zero-order chi connectivity index (χ0) is 14.7. The van der Waals surface area contributed by atoms with E-state index >= 15 is 0 Å². The zero-order valence-electron chi connectivity index (χ0n) is 11.9. The van der Waals surface area contributed by atoms with Crippen LogP contribution < -0.4 is 4.74 Å². The number of ketones is 1. The highest BCUT2D eigenvalue weighted by Crippen LogP contribution is 2.32. The summed E-state index contributed by atoms with van der Waals surface area (Å²) in [7, 11) is 0. The van der Waals surface area contributed by atoms with E-state index in [-0.39, 0.29) is 29.6 Å². The first kappa shape index (κ1) is 14.9. The monoisotopic (exact) mass is 282 g/mol. The third kappa shape index (κ3) is 3.00. The van der Waals surface area contributed by atoms with E-state index in [1.165, 1.54) is 12.1 Å². The molecule has 0 atom stereocenters. The molecule has 20 heavy (non-hydrogen) atoms. The molecule has 110 valence electrons. The van der Waals surface area contributed by atoms with Gasteiger partial charge in [0, 0.05) is 5.92 Å². The molecule has 0 radical (unpaired) electrons. The molecule has 1 saturated carbocycles. The summed E-state index contributed by atoms with van der Waals surface area (Å²) >= 11 is 0. The molecule has 1 aliphatic carbocycles. The van der Waals surface area contributed by atoms with Crippen LogP contribution in [0.2, 0.25) is 0 Å². The first-order valence-electron chi connectivity index (χ1n) is 7.19. The Balaban J connectivity index is 2.20. The van der Waals surface area contributed by atoms with Crippen molar-refractivity contribution in [3.8, 4) is 5.75 Å². The number of hydrogen-bond acceptors (Lipinski definition) is 2. The van der Waals surface area contributed by atoms with Crippen molar-refractivity contribution in [3.05, 3.63) is 29.3 Å². The number of benzene rings is 1. The van der Waals surface area contributed by atoms with E-state index in [4.69, 9.17) is 4.74 Å². The van der Waals surface area contributed by atoms with Crippen LogP contribution in [0.25, 0.3) is 0 Å². The fraction of sp³-hybridized carbons (Fsp3) is 0.562. The highest BCUT2D eigenvalue weighted by molar-refractivity contribution is 5.98. The summed E-state index contributed by atoms with van der Waals surface area (Å²) in [5.74, 6) is -2.14. The van der Waals surface area contributed by atoms with Gasteiger partial charge < -0.3 is 4.74 Å². The first-order valence-corrected chi connectivity index (χ1v) is 7.19. The Morgan fingerprint density at radius 1 is 1.20 bits per heavy atom. The maximum Gasteiger partial charge on any atom is 0.201 e. The van der Waals surface area contributed by atoms with Crippen LogP contribution in [0.5, 0.6) is 5.75 Å². The summed E-state index contributed by atoms with van der Waals surface area (Å²) in [6, 6.07) is 2.67. The molecule has 0 unspecified atom stereocenters. The lowest BCUT2D eigenvalue weighted by Crippen LogP contribution is -2.22. The van der Waals surface area contributed by atoms with Crippen molar-refractivity contribution < 1.29 is 18.3 Å². The number of hydrogen-bond donors (Lipinski definition) is 0. The zero-order valence-corrected chi connectivity index (χ0v) is 11.9. The Morgan fingerprint density at radius 3 is 2.45 bits per heavy atom.